The third-order valence-corrected chi connectivity index (χ3v) is 3.79. The van der Waals surface area contributed by atoms with Crippen LogP contribution in [0, 0.1) is 0 Å². The molecule has 3 aromatic rings. The summed E-state index contributed by atoms with van der Waals surface area (Å²) in [6.07, 6.45) is 0. The molecule has 0 radical (unpaired) electrons. The second-order valence-electron chi connectivity index (χ2n) is 4.78. The molecule has 1 amide bonds. The molecule has 1 aromatic heterocycles. The highest BCUT2D eigenvalue weighted by Gasteiger charge is 2.20. The molecule has 1 heterocycles. The predicted octanol–water partition coefficient (Wildman–Crippen LogP) is 3.03. The fourth-order valence-corrected chi connectivity index (χ4v) is 2.57. The van der Waals surface area contributed by atoms with Crippen molar-refractivity contribution < 1.29 is 9.21 Å². The van der Waals surface area contributed by atoms with Crippen LogP contribution in [0.3, 0.4) is 0 Å². The fraction of sp³-hybridized carbons (Fsp3) is 0. The molecule has 3 rings (SSSR count). The maximum absolute atomic E-state index is 12.4. The van der Waals surface area contributed by atoms with Crippen molar-refractivity contribution in [1.29, 1.82) is 0 Å². The van der Waals surface area contributed by atoms with Crippen molar-refractivity contribution in [1.82, 2.24) is 0 Å². The van der Waals surface area contributed by atoms with Crippen molar-refractivity contribution in [3.8, 4) is 0 Å². The maximum atomic E-state index is 12.4. The number of halogens is 1. The van der Waals surface area contributed by atoms with E-state index in [0.717, 1.165) is 4.47 Å². The first-order chi connectivity index (χ1) is 11.1. The van der Waals surface area contributed by atoms with Crippen molar-refractivity contribution in [3.63, 3.8) is 0 Å². The van der Waals surface area contributed by atoms with E-state index >= 15 is 0 Å². The van der Waals surface area contributed by atoms with Crippen molar-refractivity contribution in [2.24, 2.45) is 16.7 Å². The smallest absolute Gasteiger partial charge is 0.255 e. The molecule has 0 fully saturated rings. The molecular formula is C16H13BrN4O2. The van der Waals surface area contributed by atoms with Crippen LogP contribution in [0.4, 0.5) is 5.69 Å². The quantitative estimate of drug-likeness (QED) is 0.284. The Kier molecular flexibility index (Phi) is 4.03. The first kappa shape index (κ1) is 15.1. The zero-order valence-electron chi connectivity index (χ0n) is 11.9. The zero-order valence-corrected chi connectivity index (χ0v) is 13.5. The van der Waals surface area contributed by atoms with Gasteiger partial charge in [0.05, 0.1) is 5.69 Å². The molecule has 0 aliphatic rings. The number of rotatable bonds is 3. The van der Waals surface area contributed by atoms with Crippen LogP contribution in [-0.4, -0.2) is 11.7 Å². The Bertz CT molecular complexity index is 903. The van der Waals surface area contributed by atoms with Gasteiger partial charge in [0.2, 0.25) is 0 Å². The van der Waals surface area contributed by atoms with Gasteiger partial charge in [0.15, 0.2) is 11.6 Å². The highest BCUT2D eigenvalue weighted by atomic mass is 79.9. The van der Waals surface area contributed by atoms with Crippen molar-refractivity contribution >= 4 is 44.3 Å². The number of benzene rings is 2. The average Bonchev–Trinajstić information content (AvgIpc) is 2.93. The van der Waals surface area contributed by atoms with Gasteiger partial charge in [0.1, 0.15) is 5.58 Å². The van der Waals surface area contributed by atoms with Crippen LogP contribution in [0.2, 0.25) is 0 Å². The third-order valence-electron chi connectivity index (χ3n) is 3.30. The number of furan rings is 1. The monoisotopic (exact) mass is 372 g/mol. The average molecular weight is 373 g/mol. The molecule has 0 spiro atoms. The molecule has 0 aliphatic carbocycles. The number of anilines is 1. The first-order valence-corrected chi connectivity index (χ1v) is 7.51. The lowest BCUT2D eigenvalue weighted by Gasteiger charge is -2.06. The summed E-state index contributed by atoms with van der Waals surface area (Å²) in [6.45, 7) is 0. The van der Waals surface area contributed by atoms with Gasteiger partial charge in [-0.25, -0.2) is 0 Å². The number of hydrogen-bond donors (Lipinski definition) is 3. The Morgan fingerprint density at radius 1 is 1.17 bits per heavy atom. The summed E-state index contributed by atoms with van der Waals surface area (Å²) in [5.74, 6) is 5.20. The Balaban J connectivity index is 2.11. The standard InChI is InChI=1S/C16H13BrN4O2/c17-10-6-7-12-11(8-10)13(14(23-12)15(18)21-19)20-16(22)9-4-2-1-3-5-9/h1-8H,19H2,(H2,18,21)(H,20,22). The summed E-state index contributed by atoms with van der Waals surface area (Å²) in [6, 6.07) is 14.3. The number of carbonyl (C=O) groups excluding carboxylic acids is 1. The topological polar surface area (TPSA) is 107 Å². The van der Waals surface area contributed by atoms with Gasteiger partial charge in [0.25, 0.3) is 5.91 Å². The number of amides is 1. The summed E-state index contributed by atoms with van der Waals surface area (Å²) < 4.78 is 6.52. The molecular weight excluding hydrogens is 360 g/mol. The molecule has 0 saturated heterocycles. The van der Waals surface area contributed by atoms with Gasteiger partial charge in [-0.3, -0.25) is 4.79 Å². The molecule has 0 aliphatic heterocycles. The lowest BCUT2D eigenvalue weighted by atomic mass is 10.1. The molecule has 0 unspecified atom stereocenters. The number of hydrogen-bond acceptors (Lipinski definition) is 4. The van der Waals surface area contributed by atoms with Gasteiger partial charge in [0, 0.05) is 15.4 Å². The molecule has 6 nitrogen and oxygen atoms in total. The van der Waals surface area contributed by atoms with E-state index in [0.29, 0.717) is 22.2 Å². The SMILES string of the molecule is N/N=C(\N)c1oc2ccc(Br)cc2c1NC(=O)c1ccccc1. The van der Waals surface area contributed by atoms with E-state index in [1.165, 1.54) is 0 Å². The van der Waals surface area contributed by atoms with Gasteiger partial charge in [-0.05, 0) is 30.3 Å². The molecule has 0 atom stereocenters. The Morgan fingerprint density at radius 3 is 2.61 bits per heavy atom. The van der Waals surface area contributed by atoms with Crippen LogP contribution in [-0.2, 0) is 0 Å². The number of carbonyl (C=O) groups is 1. The molecule has 2 aromatic carbocycles. The largest absolute Gasteiger partial charge is 0.450 e. The molecule has 7 heteroatoms. The van der Waals surface area contributed by atoms with E-state index in [-0.39, 0.29) is 17.5 Å². The van der Waals surface area contributed by atoms with Gasteiger partial charge in [-0.15, -0.1) is 0 Å². The predicted molar refractivity (Wildman–Crippen MR) is 93.2 cm³/mol. The van der Waals surface area contributed by atoms with E-state index in [9.17, 15) is 4.79 Å². The minimum atomic E-state index is -0.278. The van der Waals surface area contributed by atoms with Crippen molar-refractivity contribution in [2.45, 2.75) is 0 Å². The Labute approximate surface area is 140 Å². The lowest BCUT2D eigenvalue weighted by molar-refractivity contribution is 0.102. The second-order valence-corrected chi connectivity index (χ2v) is 5.70. The van der Waals surface area contributed by atoms with Gasteiger partial charge in [-0.2, -0.15) is 5.10 Å². The molecule has 23 heavy (non-hydrogen) atoms. The minimum Gasteiger partial charge on any atom is -0.450 e. The fourth-order valence-electron chi connectivity index (χ4n) is 2.21. The molecule has 0 saturated carbocycles. The molecule has 0 bridgehead atoms. The minimum absolute atomic E-state index is 0.000633. The van der Waals surface area contributed by atoms with Gasteiger partial charge in [-0.1, -0.05) is 34.1 Å². The van der Waals surface area contributed by atoms with Crippen LogP contribution < -0.4 is 16.9 Å². The normalized spacial score (nSPS) is 11.6. The number of amidine groups is 1. The van der Waals surface area contributed by atoms with Gasteiger partial charge < -0.3 is 21.3 Å². The third kappa shape index (κ3) is 2.91. The summed E-state index contributed by atoms with van der Waals surface area (Å²) in [7, 11) is 0. The number of nitrogens with zero attached hydrogens (tertiary/aromatic N) is 1. The highest BCUT2D eigenvalue weighted by molar-refractivity contribution is 9.10. The highest BCUT2D eigenvalue weighted by Crippen LogP contribution is 2.33. The number of nitrogens with two attached hydrogens (primary N) is 2. The summed E-state index contributed by atoms with van der Waals surface area (Å²) in [4.78, 5) is 12.4. The number of nitrogens with one attached hydrogen (secondary N) is 1. The van der Waals surface area contributed by atoms with Crippen LogP contribution >= 0.6 is 15.9 Å². The first-order valence-electron chi connectivity index (χ1n) is 6.72. The zero-order chi connectivity index (χ0) is 16.4. The number of hydrazone groups is 1. The van der Waals surface area contributed by atoms with Crippen LogP contribution in [0.25, 0.3) is 11.0 Å². The van der Waals surface area contributed by atoms with Crippen LogP contribution in [0.15, 0.2) is 62.5 Å². The van der Waals surface area contributed by atoms with E-state index in [2.05, 4.69) is 26.3 Å². The van der Waals surface area contributed by atoms with Gasteiger partial charge >= 0.3 is 0 Å². The summed E-state index contributed by atoms with van der Waals surface area (Å²) >= 11 is 3.40. The van der Waals surface area contributed by atoms with E-state index in [1.807, 2.05) is 18.2 Å². The molecule has 5 N–H and O–H groups in total. The van der Waals surface area contributed by atoms with E-state index in [1.54, 1.807) is 30.3 Å². The van der Waals surface area contributed by atoms with Crippen molar-refractivity contribution in [3.05, 3.63) is 64.3 Å². The maximum Gasteiger partial charge on any atom is 0.255 e. The summed E-state index contributed by atoms with van der Waals surface area (Å²) in [5, 5.41) is 6.98. The second kappa shape index (κ2) is 6.13. The van der Waals surface area contributed by atoms with Crippen molar-refractivity contribution in [2.75, 3.05) is 5.32 Å². The Morgan fingerprint density at radius 2 is 1.91 bits per heavy atom. The van der Waals surface area contributed by atoms with Crippen LogP contribution in [0.5, 0.6) is 0 Å². The number of fused-ring (bicyclic) bond motifs is 1. The Hall–Kier alpha value is -2.80. The van der Waals surface area contributed by atoms with E-state index in [4.69, 9.17) is 16.0 Å². The summed E-state index contributed by atoms with van der Waals surface area (Å²) in [5.41, 5.74) is 7.30. The lowest BCUT2D eigenvalue weighted by Crippen LogP contribution is -2.19. The van der Waals surface area contributed by atoms with E-state index < -0.39 is 0 Å². The molecule has 116 valence electrons. The van der Waals surface area contributed by atoms with Crippen LogP contribution in [0.1, 0.15) is 16.1 Å².